The van der Waals surface area contributed by atoms with Crippen molar-refractivity contribution >= 4 is 66.0 Å². The Morgan fingerprint density at radius 1 is 0.914 bits per heavy atom. The molecule has 0 atom stereocenters. The van der Waals surface area contributed by atoms with Crippen molar-refractivity contribution in [2.24, 2.45) is 0 Å². The number of hydrogen-bond donors (Lipinski definition) is 1. The van der Waals surface area contributed by atoms with Gasteiger partial charge in [0.15, 0.2) is 0 Å². The van der Waals surface area contributed by atoms with Crippen molar-refractivity contribution < 1.29 is 10.8 Å². The number of benzene rings is 2. The van der Waals surface area contributed by atoms with Gasteiger partial charge in [-0.05, 0) is 63.2 Å². The summed E-state index contributed by atoms with van der Waals surface area (Å²) in [6, 6.07) is 13.0. The number of nitrogens with one attached hydrogen (secondary N) is 1. The molecule has 3 rings (SSSR count). The number of halogens is 4. The maximum absolute atomic E-state index is 5.05. The third kappa shape index (κ3) is 12.3. The van der Waals surface area contributed by atoms with Crippen LogP contribution in [-0.4, -0.2) is 50.2 Å². The average Bonchev–Trinajstić information content (AvgIpc) is 2.80. The number of rotatable bonds is 11. The molecule has 0 aromatic heterocycles. The van der Waals surface area contributed by atoms with E-state index in [0.717, 1.165) is 17.8 Å². The third-order valence-corrected chi connectivity index (χ3v) is 6.61. The molecule has 1 heterocycles. The fourth-order valence-corrected chi connectivity index (χ4v) is 4.67. The summed E-state index contributed by atoms with van der Waals surface area (Å²) in [6.07, 6.45) is 6.34. The zero-order valence-electron chi connectivity index (χ0n) is 21.3. The Bertz CT molecular complexity index is 1070. The summed E-state index contributed by atoms with van der Waals surface area (Å²) in [5.74, 6) is 0. The summed E-state index contributed by atoms with van der Waals surface area (Å²) in [6.45, 7) is 9.22. The zero-order valence-corrected chi connectivity index (χ0v) is 28.1. The average molecular weight is 633 g/mol. The van der Waals surface area contributed by atoms with Crippen LogP contribution in [0, 0.1) is 0 Å². The fraction of sp³-hybridized carbons (Fsp3) is 0.520. The normalized spacial score (nSPS) is 11.6. The predicted molar refractivity (Wildman–Crippen MR) is 156 cm³/mol. The molecule has 35 heavy (non-hydrogen) atoms. The van der Waals surface area contributed by atoms with Crippen molar-refractivity contribution in [3.8, 4) is 10.6 Å². The number of nitrogens with zero attached hydrogens (tertiary/aromatic N) is 3. The SMILES string of the molecule is CCCCN(CCCC)CCCNc1ccc2nc3ccc(=[N+](C)C)cc-3sc2c1.[Cl][Zn-2]([Cl])([Cl])[Cl]. The Morgan fingerprint density at radius 2 is 1.54 bits per heavy atom. The standard InChI is InChI=1S/C25H36N4S.4ClH.Zn/c1-5-7-15-29(16-8-6-2)17-9-14-26-20-10-12-22-24(18-20)30-25-19-21(28(3)4)11-13-23(25)27-22;;;;;/h10-13,18-19H,5-9,14-17H2,1-4H3;4*1H;/q;;;;;+2/p-3. The van der Waals surface area contributed by atoms with Gasteiger partial charge < -0.3 is 10.2 Å². The summed E-state index contributed by atoms with van der Waals surface area (Å²) in [5.41, 5.74) is 3.33. The molecule has 1 N–H and O–H groups in total. The van der Waals surface area contributed by atoms with Crippen LogP contribution >= 0.6 is 50.1 Å². The Hall–Kier alpha value is -0.197. The second kappa shape index (κ2) is 15.9. The Labute approximate surface area is 233 Å². The molecule has 0 fully saturated rings. The predicted octanol–water partition coefficient (Wildman–Crippen LogP) is 7.89. The first-order chi connectivity index (χ1) is 16.6. The monoisotopic (exact) mass is 629 g/mol. The third-order valence-electron chi connectivity index (χ3n) is 5.52. The maximum atomic E-state index is 5.05. The number of anilines is 1. The Kier molecular flexibility index (Phi) is 14.1. The van der Waals surface area contributed by atoms with Crippen molar-refractivity contribution in [1.82, 2.24) is 14.5 Å². The van der Waals surface area contributed by atoms with E-state index in [-0.39, 0.29) is 0 Å². The summed E-state index contributed by atoms with van der Waals surface area (Å²) in [5, 5.41) is 4.84. The Morgan fingerprint density at radius 3 is 2.14 bits per heavy atom. The van der Waals surface area contributed by atoms with Crippen LogP contribution in [0.3, 0.4) is 0 Å². The van der Waals surface area contributed by atoms with Gasteiger partial charge in [0.25, 0.3) is 0 Å². The summed E-state index contributed by atoms with van der Waals surface area (Å²) in [7, 11) is 21.0. The minimum atomic E-state index is -3.36. The molecule has 1 aliphatic carbocycles. The topological polar surface area (TPSA) is 31.2 Å². The number of fused-ring (bicyclic) bond motifs is 2. The fourth-order valence-electron chi connectivity index (χ4n) is 3.64. The van der Waals surface area contributed by atoms with Crippen molar-refractivity contribution in [2.75, 3.05) is 45.6 Å². The molecule has 2 aliphatic rings. The van der Waals surface area contributed by atoms with Gasteiger partial charge >= 0.3 is 49.6 Å². The molecule has 0 unspecified atom stereocenters. The summed E-state index contributed by atoms with van der Waals surface area (Å²) in [4.78, 5) is 8.72. The van der Waals surface area contributed by atoms with E-state index in [9.17, 15) is 0 Å². The number of aromatic nitrogens is 1. The molecule has 0 radical (unpaired) electrons. The van der Waals surface area contributed by atoms with E-state index in [1.165, 1.54) is 72.4 Å². The van der Waals surface area contributed by atoms with Gasteiger partial charge in [-0.3, -0.25) is 0 Å². The first kappa shape index (κ1) is 31.0. The van der Waals surface area contributed by atoms with E-state index in [2.05, 4.69) is 79.1 Å². The summed E-state index contributed by atoms with van der Waals surface area (Å²) < 4.78 is 3.37. The van der Waals surface area contributed by atoms with Crippen LogP contribution < -0.4 is 15.2 Å². The van der Waals surface area contributed by atoms with Crippen LogP contribution in [0.2, 0.25) is 0 Å². The van der Waals surface area contributed by atoms with Gasteiger partial charge in [0.1, 0.15) is 14.1 Å². The molecule has 1 aromatic carbocycles. The molecular weight excluding hydrogens is 596 g/mol. The number of hydrogen-bond acceptors (Lipinski definition) is 4. The van der Waals surface area contributed by atoms with Gasteiger partial charge in [-0.2, -0.15) is 0 Å². The second-order valence-electron chi connectivity index (χ2n) is 8.88. The quantitative estimate of drug-likeness (QED) is 0.101. The molecule has 0 amide bonds. The van der Waals surface area contributed by atoms with Gasteiger partial charge in [-0.1, -0.05) is 26.7 Å². The van der Waals surface area contributed by atoms with Crippen molar-refractivity contribution in [3.63, 3.8) is 0 Å². The molecule has 10 heteroatoms. The van der Waals surface area contributed by atoms with E-state index >= 15 is 0 Å². The molecular formula is C25H37Cl4N4SZn-. The van der Waals surface area contributed by atoms with E-state index in [1.807, 2.05) is 11.3 Å². The number of unbranched alkanes of at least 4 members (excludes halogenated alkanes) is 2. The van der Waals surface area contributed by atoms with E-state index in [4.69, 9.17) is 43.7 Å². The first-order valence-corrected chi connectivity index (χ1v) is 28.9. The molecule has 0 saturated heterocycles. The van der Waals surface area contributed by atoms with E-state index < -0.39 is 10.8 Å². The van der Waals surface area contributed by atoms with Gasteiger partial charge in [0, 0.05) is 24.4 Å². The van der Waals surface area contributed by atoms with Gasteiger partial charge in [-0.25, -0.2) is 9.56 Å². The molecule has 4 nitrogen and oxygen atoms in total. The van der Waals surface area contributed by atoms with Crippen molar-refractivity contribution in [1.29, 1.82) is 0 Å². The minimum absolute atomic E-state index is 1.01. The Balaban J connectivity index is 0.000000784. The van der Waals surface area contributed by atoms with E-state index in [0.29, 0.717) is 0 Å². The molecule has 0 saturated carbocycles. The van der Waals surface area contributed by atoms with Crippen LogP contribution in [-0.2, 0) is 10.8 Å². The first-order valence-electron chi connectivity index (χ1n) is 12.5. The van der Waals surface area contributed by atoms with Crippen molar-refractivity contribution in [3.05, 3.63) is 41.8 Å². The van der Waals surface area contributed by atoms with Gasteiger partial charge in [-0.15, -0.1) is 11.3 Å². The molecule has 194 valence electrons. The zero-order chi connectivity index (χ0) is 25.8. The van der Waals surface area contributed by atoms with Crippen LogP contribution in [0.5, 0.6) is 0 Å². The molecule has 0 bridgehead atoms. The van der Waals surface area contributed by atoms with Crippen molar-refractivity contribution in [2.45, 2.75) is 46.0 Å². The van der Waals surface area contributed by atoms with Crippen LogP contribution in [0.15, 0.2) is 36.4 Å². The molecule has 1 aromatic rings. The van der Waals surface area contributed by atoms with E-state index in [1.54, 1.807) is 0 Å². The van der Waals surface area contributed by atoms with Crippen LogP contribution in [0.4, 0.5) is 5.69 Å². The second-order valence-corrected chi connectivity index (χ2v) is 37.7. The molecule has 0 spiro atoms. The van der Waals surface area contributed by atoms with Crippen LogP contribution in [0.25, 0.3) is 20.8 Å². The van der Waals surface area contributed by atoms with Gasteiger partial charge in [0.2, 0.25) is 5.36 Å². The van der Waals surface area contributed by atoms with Crippen LogP contribution in [0.1, 0.15) is 46.0 Å². The summed E-state index contributed by atoms with van der Waals surface area (Å²) >= 11 is 1.82. The molecule has 1 aliphatic heterocycles. The van der Waals surface area contributed by atoms with Gasteiger partial charge in [0.05, 0.1) is 20.8 Å².